The molecule has 0 saturated carbocycles. The fourth-order valence-electron chi connectivity index (χ4n) is 7.40. The summed E-state index contributed by atoms with van der Waals surface area (Å²) in [6.07, 6.45) is 7.34. The smallest absolute Gasteiger partial charge is 0.160 e. The van der Waals surface area contributed by atoms with E-state index in [9.17, 15) is 0 Å². The van der Waals surface area contributed by atoms with E-state index in [0.717, 1.165) is 68.0 Å². The first-order chi connectivity index (χ1) is 24.3. The molecule has 10 rings (SSSR count). The zero-order valence-corrected chi connectivity index (χ0v) is 26.5. The number of nitrogens with zero attached hydrogens (tertiary/aromatic N) is 3. The molecule has 1 aliphatic carbocycles. The van der Waals surface area contributed by atoms with E-state index in [0.29, 0.717) is 5.82 Å². The predicted octanol–water partition coefficient (Wildman–Crippen LogP) is 11.1. The third kappa shape index (κ3) is 4.56. The largest absolute Gasteiger partial charge is 0.484 e. The molecule has 1 atom stereocenters. The van der Waals surface area contributed by atoms with Crippen LogP contribution in [-0.2, 0) is 0 Å². The van der Waals surface area contributed by atoms with Gasteiger partial charge in [0.25, 0.3) is 0 Å². The molecule has 0 radical (unpaired) electrons. The average Bonchev–Trinajstić information content (AvgIpc) is 3.58. The fraction of sp³-hybridized carbons (Fsp3) is 0.0444. The number of hydrogen-bond donors (Lipinski definition) is 0. The van der Waals surface area contributed by atoms with Crippen molar-refractivity contribution in [3.8, 4) is 50.9 Å². The predicted molar refractivity (Wildman–Crippen MR) is 200 cm³/mol. The Labute approximate surface area is 283 Å². The lowest BCUT2D eigenvalue weighted by Crippen LogP contribution is -2.12. The molecule has 0 fully saturated rings. The van der Waals surface area contributed by atoms with Gasteiger partial charge in [0.05, 0.1) is 28.2 Å². The minimum atomic E-state index is -0.0266. The summed E-state index contributed by atoms with van der Waals surface area (Å²) in [5.74, 6) is 1.59. The summed E-state index contributed by atoms with van der Waals surface area (Å²) in [6, 6.07) is 48.6. The van der Waals surface area contributed by atoms with E-state index in [-0.39, 0.29) is 6.10 Å². The van der Waals surface area contributed by atoms with Crippen molar-refractivity contribution in [1.82, 2.24) is 15.0 Å². The highest BCUT2D eigenvalue weighted by Gasteiger charge is 2.34. The van der Waals surface area contributed by atoms with Gasteiger partial charge in [-0.3, -0.25) is 0 Å². The Morgan fingerprint density at radius 2 is 1.24 bits per heavy atom. The second-order valence-electron chi connectivity index (χ2n) is 12.7. The highest BCUT2D eigenvalue weighted by atomic mass is 16.5. The molecule has 0 spiro atoms. The number of aromatic nitrogens is 3. The van der Waals surface area contributed by atoms with Gasteiger partial charge in [-0.15, -0.1) is 0 Å². The Hall–Kier alpha value is -6.39. The summed E-state index contributed by atoms with van der Waals surface area (Å²) < 4.78 is 6.80. The number of allylic oxidation sites excluding steroid dienone is 2. The Morgan fingerprint density at radius 1 is 0.551 bits per heavy atom. The molecule has 2 aromatic heterocycles. The van der Waals surface area contributed by atoms with Gasteiger partial charge in [-0.2, -0.15) is 0 Å². The van der Waals surface area contributed by atoms with Gasteiger partial charge in [-0.25, -0.2) is 15.0 Å². The molecule has 2 aliphatic rings. The number of ether oxygens (including phenoxy) is 1. The highest BCUT2D eigenvalue weighted by molar-refractivity contribution is 6.15. The van der Waals surface area contributed by atoms with Crippen molar-refractivity contribution in [2.45, 2.75) is 12.5 Å². The molecule has 8 aromatic rings. The molecule has 0 bridgehead atoms. The highest BCUT2D eigenvalue weighted by Crippen LogP contribution is 2.50. The number of benzene rings is 6. The maximum absolute atomic E-state index is 6.80. The van der Waals surface area contributed by atoms with Crippen LogP contribution in [0.25, 0.3) is 83.2 Å². The van der Waals surface area contributed by atoms with E-state index in [1.165, 1.54) is 27.1 Å². The van der Waals surface area contributed by atoms with Crippen molar-refractivity contribution in [2.75, 3.05) is 0 Å². The standard InChI is InChI=1S/C45H29N3O/c1-3-13-28(14-4-1)38-27-39(48-45(47-38)29-15-5-2-6-16-29)31-23-24-35-40(26-31)46-43(42-36-21-11-12-22-41(36)49-44(35)42)37-25-30-17-7-8-18-32(30)33-19-9-10-20-34(33)37/h1-21,23-27,41H,22H2/t41-/m1/s1. The summed E-state index contributed by atoms with van der Waals surface area (Å²) in [5, 5.41) is 5.83. The van der Waals surface area contributed by atoms with Crippen molar-refractivity contribution < 1.29 is 4.74 Å². The van der Waals surface area contributed by atoms with Gasteiger partial charge in [-0.05, 0) is 45.8 Å². The molecule has 6 aromatic carbocycles. The number of hydrogen-bond acceptors (Lipinski definition) is 4. The van der Waals surface area contributed by atoms with Crippen LogP contribution in [-0.4, -0.2) is 21.1 Å². The topological polar surface area (TPSA) is 47.9 Å². The van der Waals surface area contributed by atoms with Crippen LogP contribution in [0.3, 0.4) is 0 Å². The minimum Gasteiger partial charge on any atom is -0.484 e. The quantitative estimate of drug-likeness (QED) is 0.182. The van der Waals surface area contributed by atoms with Gasteiger partial charge in [0, 0.05) is 39.6 Å². The summed E-state index contributed by atoms with van der Waals surface area (Å²) >= 11 is 0. The minimum absolute atomic E-state index is 0.0266. The molecule has 0 amide bonds. The number of fused-ring (bicyclic) bond motifs is 8. The molecular formula is C45H29N3O. The molecule has 4 nitrogen and oxygen atoms in total. The van der Waals surface area contributed by atoms with Gasteiger partial charge in [0.1, 0.15) is 11.9 Å². The van der Waals surface area contributed by atoms with Crippen molar-refractivity contribution in [1.29, 1.82) is 0 Å². The lowest BCUT2D eigenvalue weighted by molar-refractivity contribution is 0.282. The molecule has 3 heterocycles. The fourth-order valence-corrected chi connectivity index (χ4v) is 7.40. The Kier molecular flexibility index (Phi) is 6.28. The molecular weight excluding hydrogens is 599 g/mol. The Balaban J connectivity index is 1.23. The first-order valence-electron chi connectivity index (χ1n) is 16.7. The lowest BCUT2D eigenvalue weighted by Gasteiger charge is -2.16. The summed E-state index contributed by atoms with van der Waals surface area (Å²) in [7, 11) is 0. The van der Waals surface area contributed by atoms with Gasteiger partial charge < -0.3 is 4.74 Å². The van der Waals surface area contributed by atoms with E-state index in [1.807, 2.05) is 36.4 Å². The van der Waals surface area contributed by atoms with Gasteiger partial charge in [0.2, 0.25) is 0 Å². The molecule has 4 heteroatoms. The maximum atomic E-state index is 6.80. The molecule has 0 N–H and O–H groups in total. The molecule has 1 aliphatic heterocycles. The Morgan fingerprint density at radius 3 is 2.06 bits per heavy atom. The third-order valence-corrected chi connectivity index (χ3v) is 9.74. The van der Waals surface area contributed by atoms with E-state index < -0.39 is 0 Å². The van der Waals surface area contributed by atoms with Crippen molar-refractivity contribution >= 4 is 38.0 Å². The van der Waals surface area contributed by atoms with Crippen LogP contribution in [0.15, 0.2) is 158 Å². The van der Waals surface area contributed by atoms with Crippen LogP contribution in [0.2, 0.25) is 0 Å². The van der Waals surface area contributed by atoms with Crippen LogP contribution in [0.4, 0.5) is 0 Å². The summed E-state index contributed by atoms with van der Waals surface area (Å²) in [4.78, 5) is 15.6. The third-order valence-electron chi connectivity index (χ3n) is 9.74. The normalized spacial score (nSPS) is 14.9. The number of pyridine rings is 1. The number of rotatable bonds is 4. The summed E-state index contributed by atoms with van der Waals surface area (Å²) in [5.41, 5.74) is 9.93. The van der Waals surface area contributed by atoms with Gasteiger partial charge >= 0.3 is 0 Å². The Bertz CT molecular complexity index is 2600. The zero-order chi connectivity index (χ0) is 32.3. The van der Waals surface area contributed by atoms with E-state index >= 15 is 0 Å². The monoisotopic (exact) mass is 627 g/mol. The van der Waals surface area contributed by atoms with E-state index in [4.69, 9.17) is 19.7 Å². The second kappa shape index (κ2) is 11.1. The zero-order valence-electron chi connectivity index (χ0n) is 26.5. The van der Waals surface area contributed by atoms with Crippen LogP contribution in [0, 0.1) is 0 Å². The van der Waals surface area contributed by atoms with Crippen LogP contribution >= 0.6 is 0 Å². The first kappa shape index (κ1) is 27.7. The van der Waals surface area contributed by atoms with Gasteiger partial charge in [-0.1, -0.05) is 133 Å². The molecule has 0 unspecified atom stereocenters. The summed E-state index contributed by atoms with van der Waals surface area (Å²) in [6.45, 7) is 0. The molecule has 230 valence electrons. The van der Waals surface area contributed by atoms with Crippen LogP contribution in [0.5, 0.6) is 5.75 Å². The maximum Gasteiger partial charge on any atom is 0.160 e. The van der Waals surface area contributed by atoms with Crippen molar-refractivity contribution in [3.05, 3.63) is 163 Å². The second-order valence-corrected chi connectivity index (χ2v) is 12.7. The SMILES string of the molecule is C1=CC[C@H]2Oc3c(c(-c4cc5ccccc5c5ccccc45)nc4cc(-c5cc(-c6ccccc6)nc(-c6ccccc6)n5)ccc34)C2=C1. The first-order valence-corrected chi connectivity index (χ1v) is 16.7. The lowest BCUT2D eigenvalue weighted by atomic mass is 9.89. The van der Waals surface area contributed by atoms with Gasteiger partial charge in [0.15, 0.2) is 5.82 Å². The van der Waals surface area contributed by atoms with E-state index in [1.54, 1.807) is 0 Å². The molecule has 0 saturated heterocycles. The van der Waals surface area contributed by atoms with Crippen LogP contribution in [0.1, 0.15) is 12.0 Å². The van der Waals surface area contributed by atoms with E-state index in [2.05, 4.69) is 121 Å². The van der Waals surface area contributed by atoms with Crippen molar-refractivity contribution in [2.24, 2.45) is 0 Å². The average molecular weight is 628 g/mol. The van der Waals surface area contributed by atoms with Crippen LogP contribution < -0.4 is 4.74 Å². The molecule has 49 heavy (non-hydrogen) atoms. The van der Waals surface area contributed by atoms with Crippen molar-refractivity contribution in [3.63, 3.8) is 0 Å².